The molecular weight excluding hydrogens is 360 g/mol. The van der Waals surface area contributed by atoms with E-state index in [9.17, 15) is 18.5 Å². The molecule has 2 aromatic carbocycles. The number of carbonyl (C=O) groups excluding carboxylic acids is 1. The lowest BCUT2D eigenvalue weighted by Gasteiger charge is -2.09. The van der Waals surface area contributed by atoms with Crippen molar-refractivity contribution in [2.45, 2.75) is 25.7 Å². The molecule has 0 spiro atoms. The van der Waals surface area contributed by atoms with Crippen LogP contribution in [0.1, 0.15) is 27.8 Å². The van der Waals surface area contributed by atoms with Gasteiger partial charge in [-0.05, 0) is 67.3 Å². The van der Waals surface area contributed by atoms with Gasteiger partial charge in [0.1, 0.15) is 11.6 Å². The summed E-state index contributed by atoms with van der Waals surface area (Å²) >= 11 is 0. The number of nitrogens with one attached hydrogen (secondary N) is 1. The molecule has 0 aliphatic carbocycles. The van der Waals surface area contributed by atoms with Crippen molar-refractivity contribution in [2.75, 3.05) is 5.32 Å². The number of hydrogen-bond acceptors (Lipinski definition) is 4. The molecule has 0 bridgehead atoms. The van der Waals surface area contributed by atoms with Crippen molar-refractivity contribution in [1.29, 1.82) is 5.26 Å². The number of nitrogens with zero attached hydrogens (tertiary/aromatic N) is 1. The molecule has 0 fully saturated rings. The van der Waals surface area contributed by atoms with Crippen molar-refractivity contribution in [3.8, 4) is 6.07 Å². The van der Waals surface area contributed by atoms with Crippen molar-refractivity contribution in [3.05, 3.63) is 69.1 Å². The lowest BCUT2D eigenvalue weighted by molar-refractivity contribution is -0.112. The van der Waals surface area contributed by atoms with Gasteiger partial charge >= 0.3 is 0 Å². The first-order valence-electron chi connectivity index (χ1n) is 8.29. The highest BCUT2D eigenvalue weighted by Crippen LogP contribution is 2.29. The van der Waals surface area contributed by atoms with Gasteiger partial charge in [0.15, 0.2) is 0 Å². The largest absolute Gasteiger partial charge is 0.321 e. The Balaban J connectivity index is 1.91. The normalized spacial score (nSPS) is 14.5. The molecule has 136 valence electrons. The number of nitriles is 1. The van der Waals surface area contributed by atoms with E-state index in [2.05, 4.69) is 5.32 Å². The van der Waals surface area contributed by atoms with Crippen LogP contribution >= 0.6 is 0 Å². The zero-order valence-corrected chi connectivity index (χ0v) is 16.0. The predicted octanol–water partition coefficient (Wildman–Crippen LogP) is 3.92. The van der Waals surface area contributed by atoms with Crippen LogP contribution in [0.3, 0.4) is 0 Å². The maximum absolute atomic E-state index is 12.5. The van der Waals surface area contributed by atoms with E-state index in [1.165, 1.54) is 12.1 Å². The summed E-state index contributed by atoms with van der Waals surface area (Å²) in [6.45, 7) is 5.84. The van der Waals surface area contributed by atoms with Gasteiger partial charge in [0.05, 0.1) is 4.90 Å². The van der Waals surface area contributed by atoms with Crippen molar-refractivity contribution in [2.24, 2.45) is 0 Å². The van der Waals surface area contributed by atoms with Crippen LogP contribution in [0.4, 0.5) is 5.69 Å². The minimum atomic E-state index is -3.47. The number of rotatable bonds is 3. The van der Waals surface area contributed by atoms with Crippen LogP contribution in [-0.4, -0.2) is 14.3 Å². The third-order valence-electron chi connectivity index (χ3n) is 4.40. The number of anilines is 1. The first-order valence-corrected chi connectivity index (χ1v) is 9.84. The Hall–Kier alpha value is -3.17. The molecule has 0 unspecified atom stereocenters. The summed E-state index contributed by atoms with van der Waals surface area (Å²) in [4.78, 5) is 12.7. The van der Waals surface area contributed by atoms with Gasteiger partial charge in [0.2, 0.25) is 9.84 Å². The molecular formula is C21H18N2O3S. The summed E-state index contributed by atoms with van der Waals surface area (Å²) in [6, 6.07) is 10.5. The monoisotopic (exact) mass is 378 g/mol. The van der Waals surface area contributed by atoms with E-state index in [4.69, 9.17) is 0 Å². The Bertz CT molecular complexity index is 1140. The van der Waals surface area contributed by atoms with Gasteiger partial charge in [-0.25, -0.2) is 8.42 Å². The molecule has 6 heteroatoms. The number of sulfone groups is 1. The number of aryl methyl sites for hydroxylation is 3. The van der Waals surface area contributed by atoms with Gasteiger partial charge in [-0.2, -0.15) is 5.26 Å². The Morgan fingerprint density at radius 1 is 1.11 bits per heavy atom. The molecule has 1 amide bonds. The fourth-order valence-corrected chi connectivity index (χ4v) is 4.37. The summed E-state index contributed by atoms with van der Waals surface area (Å²) in [5.41, 5.74) is 4.74. The molecule has 2 aromatic rings. The lowest BCUT2D eigenvalue weighted by Crippen LogP contribution is -2.14. The summed E-state index contributed by atoms with van der Waals surface area (Å²) in [5, 5.41) is 13.2. The number of carbonyl (C=O) groups is 1. The van der Waals surface area contributed by atoms with Gasteiger partial charge in [0.25, 0.3) is 5.91 Å². The topological polar surface area (TPSA) is 87.0 Å². The van der Waals surface area contributed by atoms with Gasteiger partial charge in [-0.3, -0.25) is 4.79 Å². The minimum absolute atomic E-state index is 0.0495. The second kappa shape index (κ2) is 6.86. The smallest absolute Gasteiger partial charge is 0.266 e. The van der Waals surface area contributed by atoms with Gasteiger partial charge < -0.3 is 5.32 Å². The third kappa shape index (κ3) is 3.69. The van der Waals surface area contributed by atoms with E-state index in [1.54, 1.807) is 18.2 Å². The molecule has 1 aliphatic heterocycles. The SMILES string of the molecule is Cc1cc(C)c(C=C(C#N)C(=O)Nc2ccc3c(c2)S(=O)(=O)C=C3)c(C)c1. The maximum atomic E-state index is 12.5. The molecule has 0 saturated carbocycles. The molecule has 3 rings (SSSR count). The molecule has 1 aliphatic rings. The maximum Gasteiger partial charge on any atom is 0.266 e. The molecule has 0 aromatic heterocycles. The highest BCUT2D eigenvalue weighted by atomic mass is 32.2. The van der Waals surface area contributed by atoms with Crippen LogP contribution in [0.15, 0.2) is 46.2 Å². The van der Waals surface area contributed by atoms with Crippen molar-refractivity contribution in [3.63, 3.8) is 0 Å². The third-order valence-corrected chi connectivity index (χ3v) is 5.86. The fraction of sp³-hybridized carbons (Fsp3) is 0.143. The summed E-state index contributed by atoms with van der Waals surface area (Å²) in [6.07, 6.45) is 3.07. The first-order chi connectivity index (χ1) is 12.7. The average Bonchev–Trinajstić information content (AvgIpc) is 2.89. The standard InChI is InChI=1S/C21H18N2O3S/c1-13-8-14(2)19(15(3)9-13)10-17(12-22)21(24)23-18-5-4-16-6-7-27(25,26)20(16)11-18/h4-11H,1-3H3,(H,23,24). The number of amides is 1. The van der Waals surface area contributed by atoms with Gasteiger partial charge in [-0.15, -0.1) is 0 Å². The average molecular weight is 378 g/mol. The van der Waals surface area contributed by atoms with Crippen LogP contribution < -0.4 is 5.32 Å². The summed E-state index contributed by atoms with van der Waals surface area (Å²) in [5.74, 6) is -0.583. The Labute approximate surface area is 158 Å². The van der Waals surface area contributed by atoms with Crippen LogP contribution in [0.5, 0.6) is 0 Å². The second-order valence-electron chi connectivity index (χ2n) is 6.54. The zero-order valence-electron chi connectivity index (χ0n) is 15.2. The zero-order chi connectivity index (χ0) is 19.8. The number of hydrogen-bond donors (Lipinski definition) is 1. The van der Waals surface area contributed by atoms with Gasteiger partial charge in [0, 0.05) is 11.1 Å². The minimum Gasteiger partial charge on any atom is -0.321 e. The molecule has 0 atom stereocenters. The predicted molar refractivity (Wildman–Crippen MR) is 106 cm³/mol. The number of fused-ring (bicyclic) bond motifs is 1. The van der Waals surface area contributed by atoms with Crippen LogP contribution in [0.25, 0.3) is 12.2 Å². The highest BCUT2D eigenvalue weighted by molar-refractivity contribution is 7.94. The Morgan fingerprint density at radius 3 is 2.41 bits per heavy atom. The molecule has 0 radical (unpaired) electrons. The lowest BCUT2D eigenvalue weighted by atomic mass is 9.98. The fourth-order valence-electron chi connectivity index (χ4n) is 3.14. The van der Waals surface area contributed by atoms with E-state index in [1.807, 2.05) is 39.0 Å². The quantitative estimate of drug-likeness (QED) is 0.648. The van der Waals surface area contributed by atoms with Crippen LogP contribution in [0.2, 0.25) is 0 Å². The van der Waals surface area contributed by atoms with E-state index in [0.29, 0.717) is 11.3 Å². The second-order valence-corrected chi connectivity index (χ2v) is 8.34. The Morgan fingerprint density at radius 2 is 1.78 bits per heavy atom. The van der Waals surface area contributed by atoms with Crippen molar-refractivity contribution in [1.82, 2.24) is 0 Å². The summed E-state index contributed by atoms with van der Waals surface area (Å²) in [7, 11) is -3.47. The van der Waals surface area contributed by atoms with Crippen molar-refractivity contribution >= 4 is 33.6 Å². The van der Waals surface area contributed by atoms with E-state index in [0.717, 1.165) is 27.7 Å². The molecule has 5 nitrogen and oxygen atoms in total. The van der Waals surface area contributed by atoms with E-state index in [-0.39, 0.29) is 10.5 Å². The molecule has 0 saturated heterocycles. The Kier molecular flexibility index (Phi) is 4.73. The molecule has 27 heavy (non-hydrogen) atoms. The first kappa shape index (κ1) is 18.6. The van der Waals surface area contributed by atoms with Crippen LogP contribution in [-0.2, 0) is 14.6 Å². The van der Waals surface area contributed by atoms with E-state index < -0.39 is 15.7 Å². The number of benzene rings is 2. The molecule has 1 N–H and O–H groups in total. The van der Waals surface area contributed by atoms with E-state index >= 15 is 0 Å². The van der Waals surface area contributed by atoms with Crippen LogP contribution in [0, 0.1) is 32.1 Å². The summed E-state index contributed by atoms with van der Waals surface area (Å²) < 4.78 is 23.9. The molecule has 1 heterocycles. The highest BCUT2D eigenvalue weighted by Gasteiger charge is 2.21. The van der Waals surface area contributed by atoms with Gasteiger partial charge in [-0.1, -0.05) is 23.8 Å². The van der Waals surface area contributed by atoms with Crippen molar-refractivity contribution < 1.29 is 13.2 Å².